The van der Waals surface area contributed by atoms with Gasteiger partial charge in [0.15, 0.2) is 0 Å². The minimum absolute atomic E-state index is 0.628. The number of likely N-dealkylation sites (tertiary alicyclic amines) is 1. The summed E-state index contributed by atoms with van der Waals surface area (Å²) in [7, 11) is 0. The van der Waals surface area contributed by atoms with Gasteiger partial charge in [-0.1, -0.05) is 34.5 Å². The monoisotopic (exact) mass is 344 g/mol. The fourth-order valence-electron chi connectivity index (χ4n) is 2.61. The first kappa shape index (κ1) is 15.3. The second kappa shape index (κ2) is 7.63. The Morgan fingerprint density at radius 3 is 2.79 bits per heavy atom. The Morgan fingerprint density at radius 2 is 2.11 bits per heavy atom. The lowest BCUT2D eigenvalue weighted by Crippen LogP contribution is -2.42. The van der Waals surface area contributed by atoms with Crippen LogP contribution in [0.3, 0.4) is 0 Å². The van der Waals surface area contributed by atoms with Crippen molar-refractivity contribution in [1.29, 1.82) is 0 Å². The molecule has 1 saturated heterocycles. The SMILES string of the molecule is CCCN1CCC(NCc2cc(Br)ccc2Cl)CC1. The highest BCUT2D eigenvalue weighted by Crippen LogP contribution is 2.21. The molecule has 0 spiro atoms. The smallest absolute Gasteiger partial charge is 0.0451 e. The molecule has 0 amide bonds. The standard InChI is InChI=1S/C15H22BrClN2/c1-2-7-19-8-5-14(6-9-19)18-11-12-10-13(16)3-4-15(12)17/h3-4,10,14,18H,2,5-9,11H2,1H3. The van der Waals surface area contributed by atoms with Crippen molar-refractivity contribution in [3.63, 3.8) is 0 Å². The van der Waals surface area contributed by atoms with Gasteiger partial charge in [-0.2, -0.15) is 0 Å². The van der Waals surface area contributed by atoms with Crippen LogP contribution in [0.2, 0.25) is 5.02 Å². The molecule has 1 aromatic rings. The molecule has 0 aromatic heterocycles. The zero-order chi connectivity index (χ0) is 13.7. The molecular formula is C15H22BrClN2. The Balaban J connectivity index is 1.79. The molecule has 4 heteroatoms. The molecule has 1 fully saturated rings. The summed E-state index contributed by atoms with van der Waals surface area (Å²) in [5.74, 6) is 0. The number of piperidine rings is 1. The minimum Gasteiger partial charge on any atom is -0.310 e. The predicted octanol–water partition coefficient (Wildman–Crippen LogP) is 4.07. The lowest BCUT2D eigenvalue weighted by Gasteiger charge is -2.32. The van der Waals surface area contributed by atoms with Crippen molar-refractivity contribution in [2.24, 2.45) is 0 Å². The molecule has 1 aliphatic heterocycles. The molecule has 2 rings (SSSR count). The average molecular weight is 346 g/mol. The number of nitrogens with one attached hydrogen (secondary N) is 1. The van der Waals surface area contributed by atoms with Crippen LogP contribution in [-0.4, -0.2) is 30.6 Å². The van der Waals surface area contributed by atoms with Gasteiger partial charge in [0.1, 0.15) is 0 Å². The van der Waals surface area contributed by atoms with E-state index in [1.807, 2.05) is 12.1 Å². The fourth-order valence-corrected chi connectivity index (χ4v) is 3.20. The summed E-state index contributed by atoms with van der Waals surface area (Å²) in [6, 6.07) is 6.66. The third-order valence-corrected chi connectivity index (χ3v) is 4.58. The zero-order valence-electron chi connectivity index (χ0n) is 11.5. The van der Waals surface area contributed by atoms with Gasteiger partial charge in [-0.25, -0.2) is 0 Å². The molecule has 0 atom stereocenters. The molecule has 1 aliphatic rings. The van der Waals surface area contributed by atoms with Crippen molar-refractivity contribution < 1.29 is 0 Å². The van der Waals surface area contributed by atoms with Crippen molar-refractivity contribution in [2.75, 3.05) is 19.6 Å². The van der Waals surface area contributed by atoms with E-state index in [9.17, 15) is 0 Å². The van der Waals surface area contributed by atoms with Crippen LogP contribution in [0.4, 0.5) is 0 Å². The number of halogens is 2. The van der Waals surface area contributed by atoms with Crippen LogP contribution in [0, 0.1) is 0 Å². The van der Waals surface area contributed by atoms with Crippen molar-refractivity contribution in [3.8, 4) is 0 Å². The summed E-state index contributed by atoms with van der Waals surface area (Å²) in [4.78, 5) is 2.56. The van der Waals surface area contributed by atoms with Gasteiger partial charge in [-0.3, -0.25) is 0 Å². The molecule has 0 saturated carbocycles. The lowest BCUT2D eigenvalue weighted by atomic mass is 10.0. The van der Waals surface area contributed by atoms with E-state index in [1.54, 1.807) is 0 Å². The quantitative estimate of drug-likeness (QED) is 0.865. The Kier molecular flexibility index (Phi) is 6.14. The summed E-state index contributed by atoms with van der Waals surface area (Å²) in [6.45, 7) is 6.79. The molecule has 1 aromatic carbocycles. The van der Waals surface area contributed by atoms with Gasteiger partial charge < -0.3 is 10.2 Å². The summed E-state index contributed by atoms with van der Waals surface area (Å²) in [6.07, 6.45) is 3.74. The Morgan fingerprint density at radius 1 is 1.37 bits per heavy atom. The molecule has 0 radical (unpaired) electrons. The van der Waals surface area contributed by atoms with Gasteiger partial charge in [0.05, 0.1) is 0 Å². The highest BCUT2D eigenvalue weighted by molar-refractivity contribution is 9.10. The summed E-state index contributed by atoms with van der Waals surface area (Å²) in [5.41, 5.74) is 1.17. The second-order valence-corrected chi connectivity index (χ2v) is 6.56. The molecular weight excluding hydrogens is 324 g/mol. The van der Waals surface area contributed by atoms with Gasteiger partial charge in [-0.05, 0) is 62.7 Å². The highest BCUT2D eigenvalue weighted by atomic mass is 79.9. The first-order valence-electron chi connectivity index (χ1n) is 7.08. The first-order chi connectivity index (χ1) is 9.19. The maximum absolute atomic E-state index is 6.21. The van der Waals surface area contributed by atoms with Gasteiger partial charge in [0, 0.05) is 22.1 Å². The highest BCUT2D eigenvalue weighted by Gasteiger charge is 2.18. The van der Waals surface area contributed by atoms with E-state index in [0.29, 0.717) is 6.04 Å². The van der Waals surface area contributed by atoms with E-state index in [4.69, 9.17) is 11.6 Å². The summed E-state index contributed by atoms with van der Waals surface area (Å²) >= 11 is 9.70. The van der Waals surface area contributed by atoms with E-state index in [0.717, 1.165) is 16.0 Å². The predicted molar refractivity (Wildman–Crippen MR) is 85.7 cm³/mol. The van der Waals surface area contributed by atoms with E-state index in [-0.39, 0.29) is 0 Å². The third-order valence-electron chi connectivity index (χ3n) is 3.72. The minimum atomic E-state index is 0.628. The molecule has 1 heterocycles. The molecule has 0 bridgehead atoms. The van der Waals surface area contributed by atoms with Gasteiger partial charge in [-0.15, -0.1) is 0 Å². The number of hydrogen-bond acceptors (Lipinski definition) is 2. The van der Waals surface area contributed by atoms with Gasteiger partial charge >= 0.3 is 0 Å². The molecule has 0 aliphatic carbocycles. The lowest BCUT2D eigenvalue weighted by molar-refractivity contribution is 0.197. The van der Waals surface area contributed by atoms with E-state index in [2.05, 4.69) is 39.1 Å². The Bertz CT molecular complexity index is 403. The van der Waals surface area contributed by atoms with Crippen molar-refractivity contribution in [1.82, 2.24) is 10.2 Å². The van der Waals surface area contributed by atoms with Crippen molar-refractivity contribution in [2.45, 2.75) is 38.8 Å². The van der Waals surface area contributed by atoms with Crippen LogP contribution >= 0.6 is 27.5 Å². The number of hydrogen-bond donors (Lipinski definition) is 1. The average Bonchev–Trinajstić information content (AvgIpc) is 2.42. The number of nitrogens with zero attached hydrogens (tertiary/aromatic N) is 1. The van der Waals surface area contributed by atoms with Crippen LogP contribution in [0.15, 0.2) is 22.7 Å². The normalized spacial score (nSPS) is 17.8. The van der Waals surface area contributed by atoms with Gasteiger partial charge in [0.2, 0.25) is 0 Å². The molecule has 2 nitrogen and oxygen atoms in total. The maximum Gasteiger partial charge on any atom is 0.0451 e. The van der Waals surface area contributed by atoms with Crippen molar-refractivity contribution in [3.05, 3.63) is 33.3 Å². The zero-order valence-corrected chi connectivity index (χ0v) is 13.8. The van der Waals surface area contributed by atoms with E-state index in [1.165, 1.54) is 44.5 Å². The Hall–Kier alpha value is -0.0900. The number of benzene rings is 1. The van der Waals surface area contributed by atoms with Gasteiger partial charge in [0.25, 0.3) is 0 Å². The number of rotatable bonds is 5. The van der Waals surface area contributed by atoms with Crippen LogP contribution in [0.1, 0.15) is 31.7 Å². The van der Waals surface area contributed by atoms with E-state index >= 15 is 0 Å². The second-order valence-electron chi connectivity index (χ2n) is 5.23. The Labute approximate surface area is 129 Å². The van der Waals surface area contributed by atoms with Crippen LogP contribution in [-0.2, 0) is 6.54 Å². The summed E-state index contributed by atoms with van der Waals surface area (Å²) in [5, 5.41) is 4.48. The fraction of sp³-hybridized carbons (Fsp3) is 0.600. The molecule has 19 heavy (non-hydrogen) atoms. The topological polar surface area (TPSA) is 15.3 Å². The van der Waals surface area contributed by atoms with Crippen LogP contribution in [0.25, 0.3) is 0 Å². The molecule has 106 valence electrons. The van der Waals surface area contributed by atoms with Crippen LogP contribution in [0.5, 0.6) is 0 Å². The maximum atomic E-state index is 6.21. The molecule has 0 unspecified atom stereocenters. The van der Waals surface area contributed by atoms with Crippen LogP contribution < -0.4 is 5.32 Å². The third kappa shape index (κ3) is 4.75. The first-order valence-corrected chi connectivity index (χ1v) is 8.26. The van der Waals surface area contributed by atoms with Crippen molar-refractivity contribution >= 4 is 27.5 Å². The summed E-state index contributed by atoms with van der Waals surface area (Å²) < 4.78 is 1.09. The largest absolute Gasteiger partial charge is 0.310 e. The molecule has 1 N–H and O–H groups in total. The van der Waals surface area contributed by atoms with E-state index < -0.39 is 0 Å².